The van der Waals surface area contributed by atoms with Crippen molar-refractivity contribution in [2.45, 2.75) is 58.9 Å². The van der Waals surface area contributed by atoms with Crippen LogP contribution < -0.4 is 5.32 Å². The Hall–Kier alpha value is -1.26. The van der Waals surface area contributed by atoms with E-state index < -0.39 is 12.0 Å². The monoisotopic (exact) mass is 270 g/mol. The summed E-state index contributed by atoms with van der Waals surface area (Å²) >= 11 is 0. The van der Waals surface area contributed by atoms with Crippen LogP contribution in [-0.2, 0) is 4.79 Å². The molecule has 0 bridgehead atoms. The van der Waals surface area contributed by atoms with Crippen molar-refractivity contribution < 1.29 is 14.7 Å². The number of likely N-dealkylation sites (tertiary alicyclic amines) is 1. The van der Waals surface area contributed by atoms with Crippen molar-refractivity contribution in [3.63, 3.8) is 0 Å². The molecule has 1 saturated heterocycles. The molecule has 5 heteroatoms. The second kappa shape index (κ2) is 6.78. The predicted octanol–water partition coefficient (Wildman–Crippen LogP) is 2.46. The summed E-state index contributed by atoms with van der Waals surface area (Å²) in [5.74, 6) is -0.946. The lowest BCUT2D eigenvalue weighted by atomic mass is 9.84. The molecule has 2 N–H and O–H groups in total. The van der Waals surface area contributed by atoms with Gasteiger partial charge in [0.1, 0.15) is 6.04 Å². The summed E-state index contributed by atoms with van der Waals surface area (Å²) in [5.41, 5.74) is 0.123. The van der Waals surface area contributed by atoms with Crippen LogP contribution in [0.4, 0.5) is 4.79 Å². The van der Waals surface area contributed by atoms with Crippen LogP contribution in [0.5, 0.6) is 0 Å². The Labute approximate surface area is 115 Å². The van der Waals surface area contributed by atoms with Gasteiger partial charge in [0.25, 0.3) is 0 Å². The average molecular weight is 270 g/mol. The van der Waals surface area contributed by atoms with Gasteiger partial charge in [-0.25, -0.2) is 9.59 Å². The van der Waals surface area contributed by atoms with Crippen LogP contribution in [0.1, 0.15) is 52.9 Å². The number of nitrogens with zero attached hydrogens (tertiary/aromatic N) is 1. The van der Waals surface area contributed by atoms with Crippen molar-refractivity contribution in [3.05, 3.63) is 0 Å². The van der Waals surface area contributed by atoms with E-state index in [0.717, 1.165) is 32.2 Å². The maximum atomic E-state index is 12.1. The van der Waals surface area contributed by atoms with Gasteiger partial charge in [-0.05, 0) is 24.7 Å². The molecule has 5 nitrogen and oxygen atoms in total. The lowest BCUT2D eigenvalue weighted by molar-refractivity contribution is -0.139. The van der Waals surface area contributed by atoms with E-state index in [0.29, 0.717) is 13.0 Å². The topological polar surface area (TPSA) is 69.6 Å². The third kappa shape index (κ3) is 5.09. The van der Waals surface area contributed by atoms with Gasteiger partial charge in [0.05, 0.1) is 0 Å². The van der Waals surface area contributed by atoms with Gasteiger partial charge < -0.3 is 15.3 Å². The van der Waals surface area contributed by atoms with Gasteiger partial charge in [-0.1, -0.05) is 33.6 Å². The molecule has 0 aromatic rings. The Bertz CT molecular complexity index is 329. The Balaban J connectivity index is 2.54. The molecule has 0 saturated carbocycles. The third-order valence-corrected chi connectivity index (χ3v) is 3.63. The lowest BCUT2D eigenvalue weighted by Gasteiger charge is -2.38. The van der Waals surface area contributed by atoms with E-state index in [1.54, 1.807) is 4.90 Å². The minimum Gasteiger partial charge on any atom is -0.480 e. The van der Waals surface area contributed by atoms with Crippen LogP contribution in [0.2, 0.25) is 0 Å². The molecule has 1 aliphatic rings. The molecule has 0 radical (unpaired) electrons. The van der Waals surface area contributed by atoms with Gasteiger partial charge in [0, 0.05) is 13.1 Å². The molecule has 19 heavy (non-hydrogen) atoms. The van der Waals surface area contributed by atoms with Crippen LogP contribution in [0.15, 0.2) is 0 Å². The molecular formula is C14H26N2O3. The molecule has 0 spiro atoms. The Morgan fingerprint density at radius 1 is 1.42 bits per heavy atom. The summed E-state index contributed by atoms with van der Waals surface area (Å²) in [5, 5.41) is 11.8. The zero-order valence-electron chi connectivity index (χ0n) is 12.2. The first-order valence-corrected chi connectivity index (χ1v) is 7.14. The number of rotatable bonds is 5. The zero-order chi connectivity index (χ0) is 14.5. The molecular weight excluding hydrogens is 244 g/mol. The van der Waals surface area contributed by atoms with Gasteiger partial charge in [-0.2, -0.15) is 0 Å². The molecule has 110 valence electrons. The number of carboxylic acid groups (broad SMARTS) is 1. The number of nitrogens with one attached hydrogen (secondary N) is 1. The number of carbonyl (C=O) groups excluding carboxylic acids is 1. The fourth-order valence-corrected chi connectivity index (χ4v) is 2.50. The Morgan fingerprint density at radius 3 is 2.63 bits per heavy atom. The van der Waals surface area contributed by atoms with Crippen LogP contribution >= 0.6 is 0 Å². The highest BCUT2D eigenvalue weighted by Crippen LogP contribution is 2.28. The highest BCUT2D eigenvalue weighted by molar-refractivity contribution is 5.82. The third-order valence-electron chi connectivity index (χ3n) is 3.63. The number of carboxylic acids is 1. The SMILES string of the molecule is CCCCC(NC(=O)N1CCCC(C)(C)C1)C(=O)O. The number of carbonyl (C=O) groups is 2. The summed E-state index contributed by atoms with van der Waals surface area (Å²) in [6.07, 6.45) is 4.32. The number of aliphatic carboxylic acids is 1. The smallest absolute Gasteiger partial charge is 0.326 e. The molecule has 1 heterocycles. The summed E-state index contributed by atoms with van der Waals surface area (Å²) < 4.78 is 0. The average Bonchev–Trinajstić information content (AvgIpc) is 2.32. The molecule has 1 aliphatic heterocycles. The Morgan fingerprint density at radius 2 is 2.11 bits per heavy atom. The zero-order valence-corrected chi connectivity index (χ0v) is 12.2. The van der Waals surface area contributed by atoms with E-state index in [9.17, 15) is 9.59 Å². The van der Waals surface area contributed by atoms with Crippen molar-refractivity contribution in [2.75, 3.05) is 13.1 Å². The second-order valence-electron chi connectivity index (χ2n) is 6.17. The number of urea groups is 1. The van der Waals surface area contributed by atoms with Crippen LogP contribution in [-0.4, -0.2) is 41.1 Å². The van der Waals surface area contributed by atoms with Gasteiger partial charge >= 0.3 is 12.0 Å². The number of hydrogen-bond donors (Lipinski definition) is 2. The van der Waals surface area contributed by atoms with Gasteiger partial charge in [-0.3, -0.25) is 0 Å². The minimum atomic E-state index is -0.946. The van der Waals surface area contributed by atoms with E-state index in [1.165, 1.54) is 0 Å². The first-order chi connectivity index (χ1) is 8.85. The second-order valence-corrected chi connectivity index (χ2v) is 6.17. The van der Waals surface area contributed by atoms with Crippen LogP contribution in [0.25, 0.3) is 0 Å². The van der Waals surface area contributed by atoms with E-state index in [2.05, 4.69) is 19.2 Å². The molecule has 0 aliphatic carbocycles. The van der Waals surface area contributed by atoms with E-state index in [-0.39, 0.29) is 11.4 Å². The largest absolute Gasteiger partial charge is 0.480 e. The summed E-state index contributed by atoms with van der Waals surface area (Å²) in [6.45, 7) is 7.69. The molecule has 1 fully saturated rings. The van der Waals surface area contributed by atoms with Crippen molar-refractivity contribution in [2.24, 2.45) is 5.41 Å². The van der Waals surface area contributed by atoms with Crippen molar-refractivity contribution >= 4 is 12.0 Å². The standard InChI is InChI=1S/C14H26N2O3/c1-4-5-7-11(12(17)18)15-13(19)16-9-6-8-14(2,3)10-16/h11H,4-10H2,1-3H3,(H,15,19)(H,17,18). The van der Waals surface area contributed by atoms with Crippen molar-refractivity contribution in [1.82, 2.24) is 10.2 Å². The quantitative estimate of drug-likeness (QED) is 0.806. The first kappa shape index (κ1) is 15.8. The fourth-order valence-electron chi connectivity index (χ4n) is 2.50. The number of unbranched alkanes of at least 4 members (excludes halogenated alkanes) is 1. The van der Waals surface area contributed by atoms with Gasteiger partial charge in [0.2, 0.25) is 0 Å². The Kier molecular flexibility index (Phi) is 5.63. The minimum absolute atomic E-state index is 0.123. The highest BCUT2D eigenvalue weighted by atomic mass is 16.4. The predicted molar refractivity (Wildman–Crippen MR) is 74.1 cm³/mol. The van der Waals surface area contributed by atoms with Crippen LogP contribution in [0, 0.1) is 5.41 Å². The lowest BCUT2D eigenvalue weighted by Crippen LogP contribution is -2.52. The molecule has 0 aromatic heterocycles. The maximum Gasteiger partial charge on any atom is 0.326 e. The molecule has 1 unspecified atom stereocenters. The van der Waals surface area contributed by atoms with Crippen LogP contribution in [0.3, 0.4) is 0 Å². The first-order valence-electron chi connectivity index (χ1n) is 7.14. The van der Waals surface area contributed by atoms with Crippen molar-refractivity contribution in [1.29, 1.82) is 0 Å². The van der Waals surface area contributed by atoms with E-state index >= 15 is 0 Å². The van der Waals surface area contributed by atoms with Gasteiger partial charge in [0.15, 0.2) is 0 Å². The molecule has 1 rings (SSSR count). The normalized spacial score (nSPS) is 19.8. The number of piperidine rings is 1. The van der Waals surface area contributed by atoms with E-state index in [4.69, 9.17) is 5.11 Å². The fraction of sp³-hybridized carbons (Fsp3) is 0.857. The summed E-state index contributed by atoms with van der Waals surface area (Å²) in [4.78, 5) is 25.0. The van der Waals surface area contributed by atoms with E-state index in [1.807, 2.05) is 6.92 Å². The highest BCUT2D eigenvalue weighted by Gasteiger charge is 2.30. The summed E-state index contributed by atoms with van der Waals surface area (Å²) in [7, 11) is 0. The van der Waals surface area contributed by atoms with Gasteiger partial charge in [-0.15, -0.1) is 0 Å². The number of amides is 2. The molecule has 1 atom stereocenters. The van der Waals surface area contributed by atoms with Crippen molar-refractivity contribution in [3.8, 4) is 0 Å². The summed E-state index contributed by atoms with van der Waals surface area (Å²) in [6, 6.07) is -1.01. The number of hydrogen-bond acceptors (Lipinski definition) is 2. The molecule has 2 amide bonds. The molecule has 0 aromatic carbocycles. The maximum absolute atomic E-state index is 12.1.